The largest absolute Gasteiger partial charge is 0.312 e. The first-order valence-electron chi connectivity index (χ1n) is 9.87. The number of anilines is 1. The van der Waals surface area contributed by atoms with Crippen LogP contribution in [0.1, 0.15) is 57.4 Å². The molecule has 2 aliphatic carbocycles. The molecule has 1 amide bonds. The highest BCUT2D eigenvalue weighted by Crippen LogP contribution is 2.40. The lowest BCUT2D eigenvalue weighted by molar-refractivity contribution is -0.116. The van der Waals surface area contributed by atoms with Crippen molar-refractivity contribution in [2.45, 2.75) is 69.2 Å². The van der Waals surface area contributed by atoms with Gasteiger partial charge in [0.05, 0.1) is 4.90 Å². The Hall–Kier alpha value is -1.40. The van der Waals surface area contributed by atoms with Crippen LogP contribution < -0.4 is 9.62 Å². The van der Waals surface area contributed by atoms with Gasteiger partial charge in [0, 0.05) is 25.2 Å². The molecule has 1 N–H and O–H groups in total. The highest BCUT2D eigenvalue weighted by Gasteiger charge is 2.34. The second kappa shape index (κ2) is 6.97. The summed E-state index contributed by atoms with van der Waals surface area (Å²) in [4.78, 5) is 13.7. The highest BCUT2D eigenvalue weighted by molar-refractivity contribution is 7.89. The first-order valence-corrected chi connectivity index (χ1v) is 11.4. The third-order valence-corrected chi connectivity index (χ3v) is 8.02. The van der Waals surface area contributed by atoms with Gasteiger partial charge in [0.2, 0.25) is 15.9 Å². The van der Waals surface area contributed by atoms with Crippen LogP contribution in [0, 0.1) is 11.8 Å². The van der Waals surface area contributed by atoms with E-state index in [9.17, 15) is 13.2 Å². The van der Waals surface area contributed by atoms with Gasteiger partial charge < -0.3 is 4.90 Å². The topological polar surface area (TPSA) is 66.5 Å². The number of fused-ring (bicyclic) bond motifs is 2. The van der Waals surface area contributed by atoms with Crippen LogP contribution in [0.3, 0.4) is 0 Å². The average Bonchev–Trinajstić information content (AvgIpc) is 3.05. The SMILES string of the molecule is CC(=O)N1CCc2cc(S(=O)(=O)N[C@@H]3CC[C@@H]4CCCC[C@@H]4C3)ccc21. The number of benzene rings is 1. The molecule has 3 atom stereocenters. The van der Waals surface area contributed by atoms with Crippen LogP contribution in [-0.4, -0.2) is 26.9 Å². The second-order valence-electron chi connectivity index (χ2n) is 8.15. The van der Waals surface area contributed by atoms with Crippen LogP contribution >= 0.6 is 0 Å². The molecule has 1 heterocycles. The van der Waals surface area contributed by atoms with E-state index in [1.165, 1.54) is 25.7 Å². The molecule has 0 spiro atoms. The van der Waals surface area contributed by atoms with Gasteiger partial charge in [-0.1, -0.05) is 25.7 Å². The zero-order valence-electron chi connectivity index (χ0n) is 15.4. The Morgan fingerprint density at radius 3 is 2.65 bits per heavy atom. The van der Waals surface area contributed by atoms with Crippen molar-refractivity contribution >= 4 is 21.6 Å². The molecule has 0 aromatic heterocycles. The summed E-state index contributed by atoms with van der Waals surface area (Å²) in [5.74, 6) is 1.50. The summed E-state index contributed by atoms with van der Waals surface area (Å²) >= 11 is 0. The number of carbonyl (C=O) groups is 1. The van der Waals surface area contributed by atoms with Gasteiger partial charge in [0.25, 0.3) is 0 Å². The van der Waals surface area contributed by atoms with Gasteiger partial charge in [-0.15, -0.1) is 0 Å². The number of amides is 1. The molecule has 0 bridgehead atoms. The summed E-state index contributed by atoms with van der Waals surface area (Å²) in [5, 5.41) is 0. The average molecular weight is 377 g/mol. The van der Waals surface area contributed by atoms with Gasteiger partial charge in [0.1, 0.15) is 0 Å². The van der Waals surface area contributed by atoms with Crippen molar-refractivity contribution in [3.63, 3.8) is 0 Å². The summed E-state index contributed by atoms with van der Waals surface area (Å²) in [5.41, 5.74) is 1.79. The van der Waals surface area contributed by atoms with Crippen LogP contribution in [0.15, 0.2) is 23.1 Å². The van der Waals surface area contributed by atoms with E-state index in [2.05, 4.69) is 4.72 Å². The summed E-state index contributed by atoms with van der Waals surface area (Å²) < 4.78 is 28.7. The van der Waals surface area contributed by atoms with Crippen molar-refractivity contribution in [3.05, 3.63) is 23.8 Å². The van der Waals surface area contributed by atoms with E-state index in [-0.39, 0.29) is 11.9 Å². The van der Waals surface area contributed by atoms with Gasteiger partial charge in [-0.2, -0.15) is 0 Å². The fourth-order valence-corrected chi connectivity index (χ4v) is 6.47. The van der Waals surface area contributed by atoms with Crippen molar-refractivity contribution < 1.29 is 13.2 Å². The molecule has 26 heavy (non-hydrogen) atoms. The number of rotatable bonds is 3. The quantitative estimate of drug-likeness (QED) is 0.881. The van der Waals surface area contributed by atoms with Crippen LogP contribution in [0.4, 0.5) is 5.69 Å². The maximum absolute atomic E-state index is 12.9. The standard InChI is InChI=1S/C20H28N2O3S/c1-14(23)22-11-10-17-13-19(8-9-20(17)22)26(24,25)21-18-7-6-15-4-2-3-5-16(15)12-18/h8-9,13,15-16,18,21H,2-7,10-12H2,1H3/t15-,16+,18+/m0/s1. The van der Waals surface area contributed by atoms with Crippen molar-refractivity contribution in [2.24, 2.45) is 11.8 Å². The van der Waals surface area contributed by atoms with Gasteiger partial charge in [-0.3, -0.25) is 4.79 Å². The summed E-state index contributed by atoms with van der Waals surface area (Å²) in [6.07, 6.45) is 8.99. The van der Waals surface area contributed by atoms with E-state index < -0.39 is 10.0 Å². The first-order chi connectivity index (χ1) is 12.4. The number of hydrogen-bond donors (Lipinski definition) is 1. The molecule has 4 rings (SSSR count). The number of sulfonamides is 1. The molecule has 0 radical (unpaired) electrons. The molecular weight excluding hydrogens is 348 g/mol. The van der Waals surface area contributed by atoms with E-state index in [0.29, 0.717) is 23.8 Å². The van der Waals surface area contributed by atoms with Crippen molar-refractivity contribution in [1.82, 2.24) is 4.72 Å². The zero-order chi connectivity index (χ0) is 18.3. The van der Waals surface area contributed by atoms with Gasteiger partial charge >= 0.3 is 0 Å². The minimum Gasteiger partial charge on any atom is -0.312 e. The molecule has 0 saturated heterocycles. The number of hydrogen-bond acceptors (Lipinski definition) is 3. The van der Waals surface area contributed by atoms with E-state index in [4.69, 9.17) is 0 Å². The Labute approximate surface area is 156 Å². The predicted octanol–water partition coefficient (Wildman–Crippen LogP) is 3.23. The predicted molar refractivity (Wildman–Crippen MR) is 102 cm³/mol. The minimum absolute atomic E-state index is 0.00160. The highest BCUT2D eigenvalue weighted by atomic mass is 32.2. The Morgan fingerprint density at radius 2 is 1.88 bits per heavy atom. The van der Waals surface area contributed by atoms with Crippen molar-refractivity contribution in [1.29, 1.82) is 0 Å². The van der Waals surface area contributed by atoms with E-state index in [0.717, 1.165) is 36.4 Å². The van der Waals surface area contributed by atoms with Crippen LogP contribution in [0.5, 0.6) is 0 Å². The molecule has 1 aliphatic heterocycles. The molecule has 2 fully saturated rings. The van der Waals surface area contributed by atoms with E-state index >= 15 is 0 Å². The Kier molecular flexibility index (Phi) is 4.82. The Bertz CT molecular complexity index is 805. The Balaban J connectivity index is 1.48. The second-order valence-corrected chi connectivity index (χ2v) is 9.86. The summed E-state index contributed by atoms with van der Waals surface area (Å²) in [6.45, 7) is 2.18. The normalized spacial score (nSPS) is 28.5. The van der Waals surface area contributed by atoms with Crippen LogP contribution in [0.25, 0.3) is 0 Å². The molecule has 5 nitrogen and oxygen atoms in total. The first kappa shape index (κ1) is 18.0. The van der Waals surface area contributed by atoms with Crippen LogP contribution in [0.2, 0.25) is 0 Å². The third-order valence-electron chi connectivity index (χ3n) is 6.50. The third kappa shape index (κ3) is 3.41. The lowest BCUT2D eigenvalue weighted by Crippen LogP contribution is -2.41. The monoisotopic (exact) mass is 376 g/mol. The molecule has 142 valence electrons. The number of nitrogens with zero attached hydrogens (tertiary/aromatic N) is 1. The van der Waals surface area contributed by atoms with Gasteiger partial charge in [-0.05, 0) is 61.3 Å². The maximum atomic E-state index is 12.9. The molecule has 1 aromatic carbocycles. The molecule has 0 unspecified atom stereocenters. The smallest absolute Gasteiger partial charge is 0.240 e. The molecule has 2 saturated carbocycles. The van der Waals surface area contributed by atoms with Gasteiger partial charge in [-0.25, -0.2) is 13.1 Å². The molecular formula is C20H28N2O3S. The molecule has 6 heteroatoms. The number of nitrogens with one attached hydrogen (secondary N) is 1. The van der Waals surface area contributed by atoms with E-state index in [1.807, 2.05) is 0 Å². The summed E-state index contributed by atoms with van der Waals surface area (Å²) in [7, 11) is -3.51. The summed E-state index contributed by atoms with van der Waals surface area (Å²) in [6, 6.07) is 5.21. The zero-order valence-corrected chi connectivity index (χ0v) is 16.2. The minimum atomic E-state index is -3.51. The van der Waals surface area contributed by atoms with Crippen molar-refractivity contribution in [3.8, 4) is 0 Å². The Morgan fingerprint density at radius 1 is 1.12 bits per heavy atom. The molecule has 3 aliphatic rings. The van der Waals surface area contributed by atoms with Gasteiger partial charge in [0.15, 0.2) is 0 Å². The lowest BCUT2D eigenvalue weighted by Gasteiger charge is -2.39. The van der Waals surface area contributed by atoms with Crippen molar-refractivity contribution in [2.75, 3.05) is 11.4 Å². The fourth-order valence-electron chi connectivity index (χ4n) is 5.14. The maximum Gasteiger partial charge on any atom is 0.240 e. The van der Waals surface area contributed by atoms with E-state index in [1.54, 1.807) is 30.0 Å². The number of carbonyl (C=O) groups excluding carboxylic acids is 1. The fraction of sp³-hybridized carbons (Fsp3) is 0.650. The van der Waals surface area contributed by atoms with Crippen LogP contribution in [-0.2, 0) is 21.2 Å². The molecule has 1 aromatic rings. The lowest BCUT2D eigenvalue weighted by atomic mass is 9.70.